The van der Waals surface area contributed by atoms with Crippen LogP contribution in [-0.4, -0.2) is 20.5 Å². The zero-order valence-electron chi connectivity index (χ0n) is 15.6. The summed E-state index contributed by atoms with van der Waals surface area (Å²) >= 11 is 1.72. The SMILES string of the molecule is O=C1C[C@@H](c2cccs2)CC2=C1[C@@H](c1cccc3ccccc13)n1ncnc1N2. The lowest BCUT2D eigenvalue weighted by atomic mass is 9.79. The topological polar surface area (TPSA) is 59.8 Å². The van der Waals surface area contributed by atoms with Gasteiger partial charge in [-0.1, -0.05) is 48.5 Å². The first kappa shape index (κ1) is 16.7. The number of Topliss-reactive ketones (excluding diaryl/α,β-unsaturated/α-hetero) is 1. The molecule has 0 saturated carbocycles. The highest BCUT2D eigenvalue weighted by Gasteiger charge is 2.39. The second kappa shape index (κ2) is 6.39. The summed E-state index contributed by atoms with van der Waals surface area (Å²) in [6.07, 6.45) is 2.90. The molecule has 2 aliphatic rings. The van der Waals surface area contributed by atoms with Crippen LogP contribution in [0.3, 0.4) is 0 Å². The number of carbonyl (C=O) groups excluding carboxylic acids is 1. The van der Waals surface area contributed by atoms with E-state index in [-0.39, 0.29) is 17.7 Å². The van der Waals surface area contributed by atoms with Gasteiger partial charge >= 0.3 is 0 Å². The molecule has 6 heteroatoms. The molecule has 1 aliphatic carbocycles. The molecule has 142 valence electrons. The fourth-order valence-electron chi connectivity index (χ4n) is 4.65. The number of anilines is 1. The molecule has 5 nitrogen and oxygen atoms in total. The van der Waals surface area contributed by atoms with Crippen molar-refractivity contribution in [2.24, 2.45) is 0 Å². The molecule has 0 radical (unpaired) electrons. The first-order chi connectivity index (χ1) is 14.3. The molecule has 0 amide bonds. The largest absolute Gasteiger partial charge is 0.328 e. The van der Waals surface area contributed by atoms with E-state index < -0.39 is 0 Å². The number of hydrogen-bond acceptors (Lipinski definition) is 5. The number of benzene rings is 2. The van der Waals surface area contributed by atoms with E-state index in [0.29, 0.717) is 12.4 Å². The minimum Gasteiger partial charge on any atom is -0.328 e. The van der Waals surface area contributed by atoms with E-state index in [0.717, 1.165) is 34.0 Å². The maximum Gasteiger partial charge on any atom is 0.226 e. The normalized spacial score (nSPS) is 21.0. The van der Waals surface area contributed by atoms with Crippen LogP contribution in [0.25, 0.3) is 10.8 Å². The van der Waals surface area contributed by atoms with E-state index in [1.807, 2.05) is 16.8 Å². The van der Waals surface area contributed by atoms with E-state index >= 15 is 0 Å². The van der Waals surface area contributed by atoms with Gasteiger partial charge < -0.3 is 5.32 Å². The van der Waals surface area contributed by atoms with Crippen LogP contribution >= 0.6 is 11.3 Å². The molecule has 0 unspecified atom stereocenters. The number of hydrogen-bond donors (Lipinski definition) is 1. The van der Waals surface area contributed by atoms with Gasteiger partial charge in [0.25, 0.3) is 0 Å². The molecule has 0 saturated heterocycles. The van der Waals surface area contributed by atoms with Crippen LogP contribution in [0.5, 0.6) is 0 Å². The Hall–Kier alpha value is -3.25. The van der Waals surface area contributed by atoms with Gasteiger partial charge in [0, 0.05) is 28.5 Å². The van der Waals surface area contributed by atoms with Gasteiger partial charge in [0.1, 0.15) is 12.4 Å². The van der Waals surface area contributed by atoms with Gasteiger partial charge in [-0.2, -0.15) is 10.1 Å². The molecule has 29 heavy (non-hydrogen) atoms. The predicted octanol–water partition coefficient (Wildman–Crippen LogP) is 4.91. The maximum absolute atomic E-state index is 13.4. The van der Waals surface area contributed by atoms with Crippen LogP contribution in [0.15, 0.2) is 77.6 Å². The van der Waals surface area contributed by atoms with Crippen LogP contribution in [0.4, 0.5) is 5.95 Å². The number of aromatic nitrogens is 3. The number of fused-ring (bicyclic) bond motifs is 2. The van der Waals surface area contributed by atoms with Crippen molar-refractivity contribution in [1.29, 1.82) is 0 Å². The highest BCUT2D eigenvalue weighted by molar-refractivity contribution is 7.10. The van der Waals surface area contributed by atoms with Crippen molar-refractivity contribution in [1.82, 2.24) is 14.8 Å². The van der Waals surface area contributed by atoms with Gasteiger partial charge in [0.15, 0.2) is 5.78 Å². The monoisotopic (exact) mass is 398 g/mol. The molecule has 0 fully saturated rings. The van der Waals surface area contributed by atoms with Crippen molar-refractivity contribution in [3.63, 3.8) is 0 Å². The van der Waals surface area contributed by atoms with Crippen molar-refractivity contribution in [2.45, 2.75) is 24.8 Å². The summed E-state index contributed by atoms with van der Waals surface area (Å²) < 4.78 is 1.85. The summed E-state index contributed by atoms with van der Waals surface area (Å²) in [5.74, 6) is 1.11. The van der Waals surface area contributed by atoms with E-state index in [4.69, 9.17) is 0 Å². The fraction of sp³-hybridized carbons (Fsp3) is 0.174. The molecule has 1 aliphatic heterocycles. The number of allylic oxidation sites excluding steroid dienone is 2. The quantitative estimate of drug-likeness (QED) is 0.521. The Bertz CT molecular complexity index is 1270. The first-order valence-electron chi connectivity index (χ1n) is 9.73. The molecular formula is C23H18N4OS. The molecule has 4 aromatic rings. The van der Waals surface area contributed by atoms with Crippen molar-refractivity contribution >= 4 is 33.8 Å². The standard InChI is InChI=1S/C23H18N4OS/c28-19-12-15(20-9-4-10-29-20)11-18-21(19)22(27-23(26-18)24-13-25-27)17-8-3-6-14-5-1-2-7-16(14)17/h1-10,13,15,22H,11-12H2,(H,24,25,26)/t15-,22+/m0/s1. The highest BCUT2D eigenvalue weighted by Crippen LogP contribution is 2.45. The van der Waals surface area contributed by atoms with E-state index in [9.17, 15) is 4.79 Å². The molecule has 0 bridgehead atoms. The zero-order chi connectivity index (χ0) is 19.4. The molecule has 3 heterocycles. The van der Waals surface area contributed by atoms with E-state index in [1.165, 1.54) is 4.88 Å². The second-order valence-electron chi connectivity index (χ2n) is 7.56. The molecule has 6 rings (SSSR count). The number of nitrogens with one attached hydrogen (secondary N) is 1. The molecular weight excluding hydrogens is 380 g/mol. The van der Waals surface area contributed by atoms with Crippen LogP contribution in [0.2, 0.25) is 0 Å². The van der Waals surface area contributed by atoms with Gasteiger partial charge in [0.2, 0.25) is 5.95 Å². The summed E-state index contributed by atoms with van der Waals surface area (Å²) in [5.41, 5.74) is 2.90. The van der Waals surface area contributed by atoms with Gasteiger partial charge in [-0.25, -0.2) is 4.68 Å². The zero-order valence-corrected chi connectivity index (χ0v) is 16.4. The summed E-state index contributed by atoms with van der Waals surface area (Å²) in [7, 11) is 0. The smallest absolute Gasteiger partial charge is 0.226 e. The summed E-state index contributed by atoms with van der Waals surface area (Å²) in [4.78, 5) is 19.1. The lowest BCUT2D eigenvalue weighted by molar-refractivity contribution is -0.116. The average Bonchev–Trinajstić information content (AvgIpc) is 3.44. The van der Waals surface area contributed by atoms with Gasteiger partial charge in [-0.05, 0) is 34.2 Å². The third kappa shape index (κ3) is 2.56. The highest BCUT2D eigenvalue weighted by atomic mass is 32.1. The third-order valence-corrected chi connectivity index (χ3v) is 6.96. The predicted molar refractivity (Wildman–Crippen MR) is 114 cm³/mol. The molecule has 2 aromatic heterocycles. The van der Waals surface area contributed by atoms with Crippen LogP contribution in [0, 0.1) is 0 Å². The second-order valence-corrected chi connectivity index (χ2v) is 8.54. The Kier molecular flexibility index (Phi) is 3.67. The molecule has 2 aromatic carbocycles. The Balaban J connectivity index is 1.55. The average molecular weight is 398 g/mol. The lowest BCUT2D eigenvalue weighted by Crippen LogP contribution is -2.33. The minimum atomic E-state index is -0.258. The summed E-state index contributed by atoms with van der Waals surface area (Å²) in [6, 6.07) is 18.5. The van der Waals surface area contributed by atoms with Gasteiger partial charge in [0.05, 0.1) is 0 Å². The van der Waals surface area contributed by atoms with E-state index in [2.05, 4.69) is 63.2 Å². The Morgan fingerprint density at radius 2 is 1.93 bits per heavy atom. The van der Waals surface area contributed by atoms with Crippen molar-refractivity contribution in [3.05, 3.63) is 88.0 Å². The number of rotatable bonds is 2. The molecule has 1 N–H and O–H groups in total. The Labute approximate surface area is 171 Å². The Morgan fingerprint density at radius 3 is 2.83 bits per heavy atom. The van der Waals surface area contributed by atoms with Crippen molar-refractivity contribution in [2.75, 3.05) is 5.32 Å². The maximum atomic E-state index is 13.4. The minimum absolute atomic E-state index is 0.191. The molecule has 0 spiro atoms. The number of carbonyl (C=O) groups is 1. The fourth-order valence-corrected chi connectivity index (χ4v) is 5.48. The van der Waals surface area contributed by atoms with E-state index in [1.54, 1.807) is 17.7 Å². The Morgan fingerprint density at radius 1 is 1.03 bits per heavy atom. The lowest BCUT2D eigenvalue weighted by Gasteiger charge is -2.35. The first-order valence-corrected chi connectivity index (χ1v) is 10.6. The van der Waals surface area contributed by atoms with Crippen molar-refractivity contribution < 1.29 is 4.79 Å². The van der Waals surface area contributed by atoms with Crippen LogP contribution in [0.1, 0.15) is 35.2 Å². The number of ketones is 1. The van der Waals surface area contributed by atoms with Crippen molar-refractivity contribution in [3.8, 4) is 0 Å². The summed E-state index contributed by atoms with van der Waals surface area (Å²) in [5, 5.41) is 12.3. The number of nitrogens with zero attached hydrogens (tertiary/aromatic N) is 3. The van der Waals surface area contributed by atoms with Gasteiger partial charge in [-0.15, -0.1) is 11.3 Å². The third-order valence-electron chi connectivity index (χ3n) is 5.93. The molecule has 2 atom stereocenters. The van der Waals surface area contributed by atoms with Crippen LogP contribution < -0.4 is 5.32 Å². The van der Waals surface area contributed by atoms with Crippen LogP contribution in [-0.2, 0) is 4.79 Å². The van der Waals surface area contributed by atoms with Gasteiger partial charge in [-0.3, -0.25) is 4.79 Å². The number of thiophene rings is 1. The summed E-state index contributed by atoms with van der Waals surface area (Å²) in [6.45, 7) is 0.